The standard InChI is InChI=1S/C26H32FN3O2S.C25H29ClFN3O2S.C25H30ClN3O2S.C24H28ClN3O2S/c1-16-8-9-19(15-21(16)27)18-10-11-20(14-18)25(32)30-24(22-6-3-4-12-28-22)26-29-17(2)23(33-26)7-5-13-31;1-15-22(6-4-12-31)33-25(29-15)23(21-5-2-3-11-28-21)30-24(32)18-8-7-16(13-18)17-9-10-19(26)20(27)14-17;1-16-22(6-4-14-30)32-25(28-16)23(21-5-2-3-13-27-21)29-24(31)19-8-7-18(15-19)17-9-11-20(26)12-10-17;1-15-21(11-13-29)31-24(27-15)22(20-4-2-3-12-26-20)28-23(30)18-6-5-17(14-18)16-7-9-19(25)10-8-16/h8-11,15,22,24,28,31H,3-7,12-14H2,1-2H3,(H,30,32);7-10,14,21,23,28,31H,2-6,11-13H2,1H3,(H,30,32);7-12,21,23,27,30H,2-6,13-15H2,1H3,(H,29,31);5-10,20,22,26,29H,2-4,11-14H2,1H3,(H,28,30). The zero-order valence-corrected chi connectivity index (χ0v) is 79.5. The van der Waals surface area contributed by atoms with Crippen molar-refractivity contribution in [3.63, 3.8) is 0 Å². The van der Waals surface area contributed by atoms with E-state index in [1.54, 1.807) is 64.4 Å². The van der Waals surface area contributed by atoms with Crippen molar-refractivity contribution in [3.05, 3.63) is 273 Å². The van der Waals surface area contributed by atoms with Gasteiger partial charge in [-0.2, -0.15) is 0 Å². The summed E-state index contributed by atoms with van der Waals surface area (Å²) >= 11 is 24.3. The van der Waals surface area contributed by atoms with Gasteiger partial charge in [0.25, 0.3) is 0 Å². The third-order valence-corrected chi connectivity index (χ3v) is 30.8. The Bertz CT molecular complexity index is 5310. The summed E-state index contributed by atoms with van der Waals surface area (Å²) in [5.74, 6) is -1.01. The molecule has 8 unspecified atom stereocenters. The molecule has 4 saturated heterocycles. The number of hydrogen-bond donors (Lipinski definition) is 12. The summed E-state index contributed by atoms with van der Waals surface area (Å²) < 4.78 is 27.9. The van der Waals surface area contributed by atoms with E-state index in [0.29, 0.717) is 71.7 Å². The van der Waals surface area contributed by atoms with E-state index in [9.17, 15) is 48.4 Å². The highest BCUT2D eigenvalue weighted by Crippen LogP contribution is 2.40. The van der Waals surface area contributed by atoms with Gasteiger partial charge in [0.05, 0.1) is 52.0 Å². The fourth-order valence-corrected chi connectivity index (χ4v) is 22.6. The first-order chi connectivity index (χ1) is 62.5. The number of aromatic nitrogens is 4. The number of aliphatic hydroxyl groups excluding tert-OH is 4. The second-order valence-corrected chi connectivity index (χ2v) is 39.8. The predicted octanol–water partition coefficient (Wildman–Crippen LogP) is 18.5. The van der Waals surface area contributed by atoms with Gasteiger partial charge in [0.2, 0.25) is 23.6 Å². The highest BCUT2D eigenvalue weighted by molar-refractivity contribution is 7.12. The number of carbonyl (C=O) groups excluding carboxylic acids is 4. The summed E-state index contributed by atoms with van der Waals surface area (Å²) in [7, 11) is 0. The molecule has 0 saturated carbocycles. The summed E-state index contributed by atoms with van der Waals surface area (Å²) in [5, 5.41) is 69.5. The molecule has 8 atom stereocenters. The average molecular weight is 1890 g/mol. The number of nitrogens with zero attached hydrogens (tertiary/aromatic N) is 4. The number of carbonyl (C=O) groups is 4. The van der Waals surface area contributed by atoms with Crippen LogP contribution < -0.4 is 42.5 Å². The highest BCUT2D eigenvalue weighted by atomic mass is 35.5. The second kappa shape index (κ2) is 48.3. The van der Waals surface area contributed by atoms with Gasteiger partial charge in [-0.05, 0) is 243 Å². The number of hydrogen-bond acceptors (Lipinski definition) is 20. The Morgan fingerprint density at radius 1 is 0.372 bits per heavy atom. The third-order valence-electron chi connectivity index (χ3n) is 24.8. The van der Waals surface area contributed by atoms with Crippen molar-refractivity contribution in [1.82, 2.24) is 62.5 Å². The fourth-order valence-electron chi connectivity index (χ4n) is 17.3. The number of halogens is 5. The molecule has 8 aromatic rings. The van der Waals surface area contributed by atoms with Gasteiger partial charge in [-0.15, -0.1) is 45.3 Å². The van der Waals surface area contributed by atoms with Gasteiger partial charge in [-0.25, -0.2) is 28.7 Å². The van der Waals surface area contributed by atoms with Crippen molar-refractivity contribution >= 4 is 126 Å². The summed E-state index contributed by atoms with van der Waals surface area (Å²) in [6.45, 7) is 14.1. The minimum Gasteiger partial charge on any atom is -0.396 e. The molecule has 4 aliphatic heterocycles. The van der Waals surface area contributed by atoms with Crippen molar-refractivity contribution in [2.24, 2.45) is 0 Å². The van der Waals surface area contributed by atoms with E-state index in [2.05, 4.69) is 42.5 Å². The quantitative estimate of drug-likeness (QED) is 0.0192. The van der Waals surface area contributed by atoms with Crippen LogP contribution in [0, 0.1) is 46.3 Å². The van der Waals surface area contributed by atoms with Gasteiger partial charge < -0.3 is 63.0 Å². The fraction of sp³-hybridized carbons (Fsp3) is 0.440. The molecule has 4 aromatic carbocycles. The van der Waals surface area contributed by atoms with Crippen LogP contribution in [0.5, 0.6) is 0 Å². The second-order valence-electron chi connectivity index (χ2n) is 34.1. The SMILES string of the molecule is Cc1ccc(C2=CC=C(C(=O)NC(c3nc(C)c(CCCO)s3)C3CCCCN3)C2)cc1F.Cc1nc(C(NC(=O)C2=CC=C(c3ccc(Cl)c(F)c3)C2)C2CCCCN2)sc1CCCO.Cc1nc(C(NC(=O)C2=CC=C(c3ccc(Cl)cc3)C2)C2CCCCN2)sc1CCCO.Cc1nc(C(NC(=O)C2=CC=C(c3ccc(Cl)cc3)C2)C2CCCCN2)sc1CCO. The molecule has 4 aliphatic carbocycles. The largest absolute Gasteiger partial charge is 0.396 e. The van der Waals surface area contributed by atoms with Crippen LogP contribution >= 0.6 is 80.1 Å². The summed E-state index contributed by atoms with van der Waals surface area (Å²) in [6.07, 6.45) is 35.7. The van der Waals surface area contributed by atoms with E-state index in [-0.39, 0.29) is 109 Å². The maximum atomic E-state index is 14.0. The molecule has 20 nitrogen and oxygen atoms in total. The van der Waals surface area contributed by atoms with Gasteiger partial charge in [0, 0.05) is 135 Å². The van der Waals surface area contributed by atoms with Crippen molar-refractivity contribution in [3.8, 4) is 0 Å². The smallest absolute Gasteiger partial charge is 0.248 e. The van der Waals surface area contributed by atoms with Crippen LogP contribution in [0.2, 0.25) is 15.1 Å². The number of amides is 4. The molecule has 0 radical (unpaired) electrons. The number of rotatable bonds is 31. The first-order valence-corrected chi connectivity index (χ1v) is 49.7. The van der Waals surface area contributed by atoms with Gasteiger partial charge in [-0.3, -0.25) is 19.2 Å². The number of allylic oxidation sites excluding steroid dienone is 12. The van der Waals surface area contributed by atoms with E-state index in [1.807, 2.05) is 131 Å². The van der Waals surface area contributed by atoms with Gasteiger partial charge in [0.15, 0.2) is 0 Å². The molecular formula is C100H119Cl3F2N12O8S4. The minimum atomic E-state index is -0.465. The minimum absolute atomic E-state index is 0.0349. The molecule has 8 heterocycles. The van der Waals surface area contributed by atoms with Crippen molar-refractivity contribution in [2.75, 3.05) is 52.6 Å². The lowest BCUT2D eigenvalue weighted by Crippen LogP contribution is -2.46. The molecule has 8 aliphatic rings. The first kappa shape index (κ1) is 98.1. The molecule has 12 N–H and O–H groups in total. The molecule has 0 spiro atoms. The molecule has 686 valence electrons. The highest BCUT2D eigenvalue weighted by Gasteiger charge is 2.37. The molecule has 4 aromatic heterocycles. The van der Waals surface area contributed by atoms with Crippen LogP contribution in [0.15, 0.2) is 156 Å². The Kier molecular flexibility index (Phi) is 36.8. The van der Waals surface area contributed by atoms with Crippen molar-refractivity contribution in [2.45, 2.75) is 231 Å². The molecule has 29 heteroatoms. The zero-order chi connectivity index (χ0) is 91.0. The van der Waals surface area contributed by atoms with Gasteiger partial charge >= 0.3 is 0 Å². The molecule has 4 amide bonds. The van der Waals surface area contributed by atoms with Gasteiger partial charge in [0.1, 0.15) is 31.7 Å². The van der Waals surface area contributed by atoms with E-state index in [4.69, 9.17) is 54.7 Å². The van der Waals surface area contributed by atoms with E-state index in [1.165, 1.54) is 28.0 Å². The number of aryl methyl sites for hydroxylation is 8. The third kappa shape index (κ3) is 26.8. The number of piperidine rings is 4. The number of thiazole rings is 4. The number of aliphatic hydroxyl groups is 4. The Morgan fingerprint density at radius 3 is 0.922 bits per heavy atom. The average Bonchev–Trinajstić information content (AvgIpc) is 1.69. The van der Waals surface area contributed by atoms with Crippen molar-refractivity contribution in [1.29, 1.82) is 0 Å². The molecule has 4 fully saturated rings. The number of benzene rings is 4. The predicted molar refractivity (Wildman–Crippen MR) is 519 cm³/mol. The molecule has 0 bridgehead atoms. The van der Waals surface area contributed by atoms with Crippen LogP contribution in [-0.2, 0) is 44.9 Å². The Balaban J connectivity index is 0.000000147. The lowest BCUT2D eigenvalue weighted by atomic mass is 9.97. The lowest BCUT2D eigenvalue weighted by Gasteiger charge is -2.31. The van der Waals surface area contributed by atoms with Crippen LogP contribution in [-0.4, -0.2) is 141 Å². The maximum Gasteiger partial charge on any atom is 0.248 e. The summed E-state index contributed by atoms with van der Waals surface area (Å²) in [4.78, 5) is 76.7. The normalized spacial score (nSPS) is 19.4. The molecule has 129 heavy (non-hydrogen) atoms. The Labute approximate surface area is 787 Å². The lowest BCUT2D eigenvalue weighted by molar-refractivity contribution is -0.119. The van der Waals surface area contributed by atoms with E-state index in [0.717, 1.165) is 237 Å². The monoisotopic (exact) mass is 1890 g/mol. The molecule has 16 rings (SSSR count). The maximum absolute atomic E-state index is 14.0. The van der Waals surface area contributed by atoms with Gasteiger partial charge in [-0.1, -0.05) is 152 Å². The summed E-state index contributed by atoms with van der Waals surface area (Å²) in [5.41, 5.74) is 15.1. The van der Waals surface area contributed by atoms with Crippen molar-refractivity contribution < 1.29 is 48.4 Å². The van der Waals surface area contributed by atoms with E-state index >= 15 is 0 Å². The zero-order valence-electron chi connectivity index (χ0n) is 74.0. The topological polar surface area (TPSA) is 297 Å². The molecular weight excluding hydrogens is 1770 g/mol. The first-order valence-electron chi connectivity index (χ1n) is 45.3. The van der Waals surface area contributed by atoms with Crippen LogP contribution in [0.3, 0.4) is 0 Å². The Hall–Kier alpha value is -8.39. The van der Waals surface area contributed by atoms with E-state index < -0.39 is 5.82 Å². The Morgan fingerprint density at radius 2 is 0.651 bits per heavy atom. The number of nitrogens with one attached hydrogen (secondary N) is 8. The van der Waals surface area contributed by atoms with Crippen LogP contribution in [0.25, 0.3) is 22.3 Å². The van der Waals surface area contributed by atoms with Crippen LogP contribution in [0.4, 0.5) is 8.78 Å². The van der Waals surface area contributed by atoms with Crippen LogP contribution in [0.1, 0.15) is 236 Å². The summed E-state index contributed by atoms with van der Waals surface area (Å²) in [6, 6.07) is 25.2.